The maximum atomic E-state index is 13.7. The van der Waals surface area contributed by atoms with Crippen LogP contribution in [0.5, 0.6) is 0 Å². The van der Waals surface area contributed by atoms with Crippen molar-refractivity contribution in [2.24, 2.45) is 0 Å². The van der Waals surface area contributed by atoms with Crippen molar-refractivity contribution < 1.29 is 18.8 Å². The highest BCUT2D eigenvalue weighted by molar-refractivity contribution is 6.06. The van der Waals surface area contributed by atoms with E-state index in [9.17, 15) is 18.8 Å². The second-order valence-corrected chi connectivity index (χ2v) is 6.39. The number of nitrogens with one attached hydrogen (secondary N) is 2. The van der Waals surface area contributed by atoms with Gasteiger partial charge in [-0.1, -0.05) is 24.3 Å². The van der Waals surface area contributed by atoms with Crippen molar-refractivity contribution in [2.45, 2.75) is 25.8 Å². The van der Waals surface area contributed by atoms with E-state index in [1.807, 2.05) is 0 Å². The summed E-state index contributed by atoms with van der Waals surface area (Å²) in [4.78, 5) is 37.1. The van der Waals surface area contributed by atoms with Crippen molar-refractivity contribution in [3.05, 3.63) is 59.9 Å². The molecular formula is C20H20FN3O3. The minimum absolute atomic E-state index is 0.0421. The molecule has 3 amide bonds. The maximum absolute atomic E-state index is 13.7. The van der Waals surface area contributed by atoms with Crippen LogP contribution in [0, 0.1) is 5.82 Å². The smallest absolute Gasteiger partial charge is 0.252 e. The SMILES string of the molecule is CC(=O)Nc1cccc(N[C@@H]2CC(=O)N(CCc3ccccc3F)C2=O)c1. The second kappa shape index (κ2) is 7.99. The number of carbonyl (C=O) groups excluding carboxylic acids is 3. The molecule has 0 radical (unpaired) electrons. The zero-order valence-electron chi connectivity index (χ0n) is 14.9. The molecule has 2 N–H and O–H groups in total. The molecule has 3 rings (SSSR count). The number of carbonyl (C=O) groups is 3. The fraction of sp³-hybridized carbons (Fsp3) is 0.250. The lowest BCUT2D eigenvalue weighted by Crippen LogP contribution is -2.36. The van der Waals surface area contributed by atoms with E-state index in [4.69, 9.17) is 0 Å². The van der Waals surface area contributed by atoms with Gasteiger partial charge in [-0.05, 0) is 36.2 Å². The minimum atomic E-state index is -0.675. The van der Waals surface area contributed by atoms with Crippen LogP contribution in [0.2, 0.25) is 0 Å². The number of nitrogens with zero attached hydrogens (tertiary/aromatic N) is 1. The first-order valence-corrected chi connectivity index (χ1v) is 8.66. The first kappa shape index (κ1) is 18.6. The standard InChI is InChI=1S/C20H20FN3O3/c1-13(25)22-15-6-4-7-16(11-15)23-18-12-19(26)24(20(18)27)10-9-14-5-2-3-8-17(14)21/h2-8,11,18,23H,9-10,12H2,1H3,(H,22,25)/t18-/m1/s1. The van der Waals surface area contributed by atoms with E-state index in [1.54, 1.807) is 42.5 Å². The molecule has 2 aromatic carbocycles. The molecular weight excluding hydrogens is 349 g/mol. The summed E-state index contributed by atoms with van der Waals surface area (Å²) < 4.78 is 13.7. The van der Waals surface area contributed by atoms with Crippen LogP contribution in [0.1, 0.15) is 18.9 Å². The third-order valence-corrected chi connectivity index (χ3v) is 4.33. The second-order valence-electron chi connectivity index (χ2n) is 6.39. The molecule has 0 aromatic heterocycles. The Morgan fingerprint density at radius 3 is 2.63 bits per heavy atom. The minimum Gasteiger partial charge on any atom is -0.373 e. The summed E-state index contributed by atoms with van der Waals surface area (Å²) >= 11 is 0. The van der Waals surface area contributed by atoms with Crippen molar-refractivity contribution in [3.8, 4) is 0 Å². The summed E-state index contributed by atoms with van der Waals surface area (Å²) in [6.07, 6.45) is 0.315. The van der Waals surface area contributed by atoms with E-state index >= 15 is 0 Å². The highest BCUT2D eigenvalue weighted by Crippen LogP contribution is 2.21. The van der Waals surface area contributed by atoms with Gasteiger partial charge in [0.15, 0.2) is 0 Å². The van der Waals surface area contributed by atoms with E-state index in [1.165, 1.54) is 17.9 Å². The summed E-state index contributed by atoms with van der Waals surface area (Å²) in [5, 5.41) is 5.70. The first-order valence-electron chi connectivity index (χ1n) is 8.66. The summed E-state index contributed by atoms with van der Waals surface area (Å²) in [7, 11) is 0. The lowest BCUT2D eigenvalue weighted by atomic mass is 10.1. The number of likely N-dealkylation sites (tertiary alicyclic amines) is 1. The van der Waals surface area contributed by atoms with Gasteiger partial charge in [0, 0.05) is 24.8 Å². The molecule has 1 aliphatic rings. The molecule has 0 spiro atoms. The van der Waals surface area contributed by atoms with Gasteiger partial charge >= 0.3 is 0 Å². The zero-order chi connectivity index (χ0) is 19.4. The molecule has 27 heavy (non-hydrogen) atoms. The molecule has 1 atom stereocenters. The van der Waals surface area contributed by atoms with Gasteiger partial charge in [0.25, 0.3) is 5.91 Å². The summed E-state index contributed by atoms with van der Waals surface area (Å²) in [5.74, 6) is -1.16. The van der Waals surface area contributed by atoms with Crippen molar-refractivity contribution in [2.75, 3.05) is 17.2 Å². The number of halogens is 1. The van der Waals surface area contributed by atoms with Crippen LogP contribution in [-0.2, 0) is 20.8 Å². The molecule has 7 heteroatoms. The van der Waals surface area contributed by atoms with Crippen LogP contribution >= 0.6 is 0 Å². The van der Waals surface area contributed by atoms with Crippen molar-refractivity contribution in [1.29, 1.82) is 0 Å². The molecule has 1 fully saturated rings. The van der Waals surface area contributed by atoms with Crippen LogP contribution in [0.15, 0.2) is 48.5 Å². The Balaban J connectivity index is 1.64. The van der Waals surface area contributed by atoms with Gasteiger partial charge in [0.1, 0.15) is 11.9 Å². The Hall–Kier alpha value is -3.22. The van der Waals surface area contributed by atoms with Crippen molar-refractivity contribution in [3.63, 3.8) is 0 Å². The van der Waals surface area contributed by atoms with Gasteiger partial charge in [-0.2, -0.15) is 0 Å². The molecule has 1 saturated heterocycles. The molecule has 0 saturated carbocycles. The third-order valence-electron chi connectivity index (χ3n) is 4.33. The molecule has 0 aliphatic carbocycles. The normalized spacial score (nSPS) is 16.5. The van der Waals surface area contributed by atoms with Gasteiger partial charge in [-0.15, -0.1) is 0 Å². The van der Waals surface area contributed by atoms with E-state index in [-0.39, 0.29) is 42.9 Å². The van der Waals surface area contributed by atoms with Gasteiger partial charge in [0.2, 0.25) is 11.8 Å². The zero-order valence-corrected chi connectivity index (χ0v) is 14.9. The largest absolute Gasteiger partial charge is 0.373 e. The number of anilines is 2. The number of rotatable bonds is 6. The van der Waals surface area contributed by atoms with Gasteiger partial charge in [0.05, 0.1) is 6.42 Å². The Kier molecular flexibility index (Phi) is 5.49. The quantitative estimate of drug-likeness (QED) is 0.767. The molecule has 140 valence electrons. The van der Waals surface area contributed by atoms with Crippen molar-refractivity contribution >= 4 is 29.1 Å². The number of hydrogen-bond donors (Lipinski definition) is 2. The maximum Gasteiger partial charge on any atom is 0.252 e. The number of hydrogen-bond acceptors (Lipinski definition) is 4. The van der Waals surface area contributed by atoms with Crippen LogP contribution < -0.4 is 10.6 Å². The summed E-state index contributed by atoms with van der Waals surface area (Å²) in [5.41, 5.74) is 1.70. The first-order chi connectivity index (χ1) is 12.9. The molecule has 0 bridgehead atoms. The monoisotopic (exact) mass is 369 g/mol. The fourth-order valence-corrected chi connectivity index (χ4v) is 3.06. The average Bonchev–Trinajstić information content (AvgIpc) is 2.87. The lowest BCUT2D eigenvalue weighted by molar-refractivity contribution is -0.138. The lowest BCUT2D eigenvalue weighted by Gasteiger charge is -2.16. The Labute approximate surface area is 156 Å². The van der Waals surface area contributed by atoms with Crippen LogP contribution in [0.25, 0.3) is 0 Å². The van der Waals surface area contributed by atoms with Gasteiger partial charge < -0.3 is 10.6 Å². The summed E-state index contributed by atoms with van der Waals surface area (Å²) in [6, 6.07) is 12.6. The van der Waals surface area contributed by atoms with Crippen molar-refractivity contribution in [1.82, 2.24) is 4.90 Å². The predicted octanol–water partition coefficient (Wildman–Crippen LogP) is 2.57. The molecule has 6 nitrogen and oxygen atoms in total. The van der Waals surface area contributed by atoms with Crippen LogP contribution in [-0.4, -0.2) is 35.2 Å². The number of amides is 3. The average molecular weight is 369 g/mol. The summed E-state index contributed by atoms with van der Waals surface area (Å²) in [6.45, 7) is 1.55. The van der Waals surface area contributed by atoms with E-state index in [0.29, 0.717) is 16.9 Å². The molecule has 1 heterocycles. The highest BCUT2D eigenvalue weighted by Gasteiger charge is 2.38. The number of imide groups is 1. The molecule has 2 aromatic rings. The molecule has 1 aliphatic heterocycles. The van der Waals surface area contributed by atoms with Crippen LogP contribution in [0.4, 0.5) is 15.8 Å². The van der Waals surface area contributed by atoms with Gasteiger partial charge in [-0.3, -0.25) is 19.3 Å². The predicted molar refractivity (Wildman–Crippen MR) is 99.6 cm³/mol. The molecule has 0 unspecified atom stereocenters. The third kappa shape index (κ3) is 4.49. The van der Waals surface area contributed by atoms with E-state index in [2.05, 4.69) is 10.6 Å². The fourth-order valence-electron chi connectivity index (χ4n) is 3.06. The Morgan fingerprint density at radius 2 is 1.89 bits per heavy atom. The highest BCUT2D eigenvalue weighted by atomic mass is 19.1. The van der Waals surface area contributed by atoms with Gasteiger partial charge in [-0.25, -0.2) is 4.39 Å². The Bertz CT molecular complexity index is 884. The van der Waals surface area contributed by atoms with E-state index < -0.39 is 6.04 Å². The number of benzene rings is 2. The topological polar surface area (TPSA) is 78.5 Å². The van der Waals surface area contributed by atoms with E-state index in [0.717, 1.165) is 0 Å². The van der Waals surface area contributed by atoms with Crippen LogP contribution in [0.3, 0.4) is 0 Å². The Morgan fingerprint density at radius 1 is 1.15 bits per heavy atom.